The Bertz CT molecular complexity index is 338. The molecule has 0 radical (unpaired) electrons. The van der Waals surface area contributed by atoms with Gasteiger partial charge in [0, 0.05) is 25.4 Å². The van der Waals surface area contributed by atoms with Gasteiger partial charge in [0.25, 0.3) is 5.91 Å². The zero-order valence-electron chi connectivity index (χ0n) is 9.53. The lowest BCUT2D eigenvalue weighted by Crippen LogP contribution is -2.46. The third kappa shape index (κ3) is 2.23. The van der Waals surface area contributed by atoms with E-state index < -0.39 is 0 Å². The molecule has 0 saturated carbocycles. The lowest BCUT2D eigenvalue weighted by molar-refractivity contribution is -0.127. The van der Waals surface area contributed by atoms with E-state index >= 15 is 0 Å². The number of nitrogens with zero attached hydrogens (tertiary/aromatic N) is 2. The van der Waals surface area contributed by atoms with E-state index in [4.69, 9.17) is 0 Å². The second-order valence-electron chi connectivity index (χ2n) is 4.44. The Morgan fingerprint density at radius 3 is 2.88 bits per heavy atom. The van der Waals surface area contributed by atoms with Crippen LogP contribution in [0.5, 0.6) is 0 Å². The van der Waals surface area contributed by atoms with Crippen molar-refractivity contribution in [3.05, 3.63) is 0 Å². The third-order valence-corrected chi connectivity index (χ3v) is 3.22. The number of piperidine rings is 1. The van der Waals surface area contributed by atoms with E-state index in [-0.39, 0.29) is 11.8 Å². The van der Waals surface area contributed by atoms with Crippen LogP contribution in [-0.4, -0.2) is 35.0 Å². The van der Waals surface area contributed by atoms with Crippen LogP contribution in [0.1, 0.15) is 39.0 Å². The number of carbonyl (C=O) groups is 2. The molecule has 0 aromatic rings. The molecule has 2 aliphatic rings. The van der Waals surface area contributed by atoms with Crippen molar-refractivity contribution in [1.29, 1.82) is 0 Å². The summed E-state index contributed by atoms with van der Waals surface area (Å²) >= 11 is 0. The Labute approximate surface area is 94.9 Å². The summed E-state index contributed by atoms with van der Waals surface area (Å²) in [6.07, 6.45) is 4.15. The van der Waals surface area contributed by atoms with Crippen LogP contribution in [0.3, 0.4) is 0 Å². The van der Waals surface area contributed by atoms with Gasteiger partial charge in [-0.25, -0.2) is 5.43 Å². The van der Waals surface area contributed by atoms with E-state index in [1.165, 1.54) is 6.42 Å². The molecule has 1 unspecified atom stereocenters. The molecule has 0 aromatic heterocycles. The Balaban J connectivity index is 2.03. The van der Waals surface area contributed by atoms with Gasteiger partial charge in [-0.1, -0.05) is 0 Å². The smallest absolute Gasteiger partial charge is 0.270 e. The number of rotatable bonds is 1. The highest BCUT2D eigenvalue weighted by molar-refractivity contribution is 6.39. The van der Waals surface area contributed by atoms with Crippen LogP contribution in [0, 0.1) is 0 Å². The zero-order chi connectivity index (χ0) is 11.5. The molecule has 1 fully saturated rings. The largest absolute Gasteiger partial charge is 0.335 e. The molecule has 2 aliphatic heterocycles. The molecule has 0 spiro atoms. The minimum atomic E-state index is -0.108. The highest BCUT2D eigenvalue weighted by Crippen LogP contribution is 2.17. The van der Waals surface area contributed by atoms with E-state index in [1.54, 1.807) is 0 Å². The minimum absolute atomic E-state index is 0.00722. The van der Waals surface area contributed by atoms with Crippen molar-refractivity contribution in [3.8, 4) is 0 Å². The fraction of sp³-hybridized carbons (Fsp3) is 0.727. The molecule has 1 N–H and O–H groups in total. The van der Waals surface area contributed by atoms with Crippen LogP contribution in [0.25, 0.3) is 0 Å². The Morgan fingerprint density at radius 2 is 2.25 bits per heavy atom. The molecule has 0 aliphatic carbocycles. The molecular formula is C11H17N3O2. The molecule has 5 nitrogen and oxygen atoms in total. The highest BCUT2D eigenvalue weighted by atomic mass is 16.2. The van der Waals surface area contributed by atoms with Crippen LogP contribution < -0.4 is 5.43 Å². The molecule has 1 atom stereocenters. The number of hydrogen-bond acceptors (Lipinski definition) is 3. The molecular weight excluding hydrogens is 206 g/mol. The van der Waals surface area contributed by atoms with Crippen LogP contribution in [0.2, 0.25) is 0 Å². The highest BCUT2D eigenvalue weighted by Gasteiger charge is 2.28. The number of carbonyl (C=O) groups excluding carboxylic acids is 2. The quantitative estimate of drug-likeness (QED) is 0.709. The first-order valence-corrected chi connectivity index (χ1v) is 5.85. The van der Waals surface area contributed by atoms with Crippen LogP contribution in [0.4, 0.5) is 0 Å². The fourth-order valence-corrected chi connectivity index (χ4v) is 2.19. The Hall–Kier alpha value is -1.39. The van der Waals surface area contributed by atoms with E-state index in [2.05, 4.69) is 17.5 Å². The molecule has 1 saturated heterocycles. The first kappa shape index (κ1) is 11.1. The van der Waals surface area contributed by atoms with Gasteiger partial charge in [-0.05, 0) is 26.2 Å². The van der Waals surface area contributed by atoms with Crippen molar-refractivity contribution in [2.24, 2.45) is 5.10 Å². The number of hydrogen-bond donors (Lipinski definition) is 1. The van der Waals surface area contributed by atoms with Gasteiger partial charge in [0.1, 0.15) is 5.71 Å². The maximum absolute atomic E-state index is 12.1. The van der Waals surface area contributed by atoms with Crippen molar-refractivity contribution in [2.45, 2.75) is 45.1 Å². The lowest BCUT2D eigenvalue weighted by Gasteiger charge is -2.34. The number of nitrogens with one attached hydrogen (secondary N) is 1. The van der Waals surface area contributed by atoms with E-state index in [9.17, 15) is 9.59 Å². The Morgan fingerprint density at radius 1 is 1.44 bits per heavy atom. The summed E-state index contributed by atoms with van der Waals surface area (Å²) in [5.74, 6) is -0.115. The molecule has 2 amide bonds. The van der Waals surface area contributed by atoms with Crippen molar-refractivity contribution < 1.29 is 9.59 Å². The number of hydrazone groups is 1. The van der Waals surface area contributed by atoms with Crippen molar-refractivity contribution in [3.63, 3.8) is 0 Å². The van der Waals surface area contributed by atoms with Gasteiger partial charge in [-0.2, -0.15) is 5.10 Å². The second kappa shape index (κ2) is 4.63. The summed E-state index contributed by atoms with van der Waals surface area (Å²) in [5.41, 5.74) is 2.86. The standard InChI is InChI=1S/C11H17N3O2/c1-8-4-2-3-7-14(8)11(16)9-5-6-10(15)13-12-9/h8H,2-7H2,1H3,(H,13,15). The average Bonchev–Trinajstić information content (AvgIpc) is 2.30. The number of likely N-dealkylation sites (tertiary alicyclic amines) is 1. The predicted octanol–water partition coefficient (Wildman–Crippen LogP) is 0.653. The van der Waals surface area contributed by atoms with Crippen LogP contribution in [-0.2, 0) is 9.59 Å². The van der Waals surface area contributed by atoms with Crippen molar-refractivity contribution in [1.82, 2.24) is 10.3 Å². The topological polar surface area (TPSA) is 61.8 Å². The summed E-state index contributed by atoms with van der Waals surface area (Å²) in [7, 11) is 0. The first-order chi connectivity index (χ1) is 7.68. The van der Waals surface area contributed by atoms with Gasteiger partial charge in [0.15, 0.2) is 0 Å². The maximum atomic E-state index is 12.1. The van der Waals surface area contributed by atoms with Gasteiger partial charge in [-0.3, -0.25) is 9.59 Å². The van der Waals surface area contributed by atoms with Gasteiger partial charge in [0.05, 0.1) is 0 Å². The summed E-state index contributed by atoms with van der Waals surface area (Å²) in [6, 6.07) is 0.293. The Kier molecular flexibility index (Phi) is 3.22. The molecule has 16 heavy (non-hydrogen) atoms. The molecule has 2 heterocycles. The van der Waals surface area contributed by atoms with E-state index in [1.807, 2.05) is 4.90 Å². The molecule has 0 bridgehead atoms. The van der Waals surface area contributed by atoms with Gasteiger partial charge in [0.2, 0.25) is 5.91 Å². The monoisotopic (exact) mass is 223 g/mol. The van der Waals surface area contributed by atoms with Gasteiger partial charge >= 0.3 is 0 Å². The SMILES string of the molecule is CC1CCCCN1C(=O)C1=NNC(=O)CC1. The molecule has 5 heteroatoms. The fourth-order valence-electron chi connectivity index (χ4n) is 2.19. The molecule has 2 rings (SSSR count). The van der Waals surface area contributed by atoms with Gasteiger partial charge in [-0.15, -0.1) is 0 Å². The van der Waals surface area contributed by atoms with E-state index in [0.29, 0.717) is 24.6 Å². The summed E-state index contributed by atoms with van der Waals surface area (Å²) in [4.78, 5) is 24.9. The predicted molar refractivity (Wildman–Crippen MR) is 59.8 cm³/mol. The van der Waals surface area contributed by atoms with E-state index in [0.717, 1.165) is 19.4 Å². The lowest BCUT2D eigenvalue weighted by atomic mass is 10.0. The third-order valence-electron chi connectivity index (χ3n) is 3.22. The van der Waals surface area contributed by atoms with Crippen molar-refractivity contribution in [2.75, 3.05) is 6.54 Å². The second-order valence-corrected chi connectivity index (χ2v) is 4.44. The summed E-state index contributed by atoms with van der Waals surface area (Å²) < 4.78 is 0. The van der Waals surface area contributed by atoms with Crippen molar-refractivity contribution >= 4 is 17.5 Å². The minimum Gasteiger partial charge on any atom is -0.335 e. The molecule has 0 aromatic carbocycles. The first-order valence-electron chi connectivity index (χ1n) is 5.85. The normalized spacial score (nSPS) is 26.1. The van der Waals surface area contributed by atoms with Crippen LogP contribution >= 0.6 is 0 Å². The average molecular weight is 223 g/mol. The summed E-state index contributed by atoms with van der Waals surface area (Å²) in [6.45, 7) is 2.88. The van der Waals surface area contributed by atoms with Crippen LogP contribution in [0.15, 0.2) is 5.10 Å². The summed E-state index contributed by atoms with van der Waals surface area (Å²) in [5, 5.41) is 3.85. The number of amides is 2. The van der Waals surface area contributed by atoms with Gasteiger partial charge < -0.3 is 4.90 Å². The zero-order valence-corrected chi connectivity index (χ0v) is 9.53. The molecule has 88 valence electrons. The maximum Gasteiger partial charge on any atom is 0.270 e.